The Kier molecular flexibility index (Phi) is 5.87. The Morgan fingerprint density at radius 1 is 1.55 bits per heavy atom. The first-order valence-corrected chi connectivity index (χ1v) is 4.52. The third kappa shape index (κ3) is 2.90. The van der Waals surface area contributed by atoms with Gasteiger partial charge in [-0.25, -0.2) is 0 Å². The van der Waals surface area contributed by atoms with Gasteiger partial charge < -0.3 is 0 Å². The summed E-state index contributed by atoms with van der Waals surface area (Å²) in [4.78, 5) is 2.22. The van der Waals surface area contributed by atoms with Gasteiger partial charge >= 0.3 is 0 Å². The lowest BCUT2D eigenvalue weighted by Crippen LogP contribution is -2.27. The molecule has 1 rings (SSSR count). The standard InChI is InChI=1S/C7H12N2.C2H6/c1-2-9-5-3-4-7(9)6-8;1-2/h7H,2-5H2,1H3;1-2H3. The molecular weight excluding hydrogens is 136 g/mol. The second kappa shape index (κ2) is 6.18. The lowest BCUT2D eigenvalue weighted by Gasteiger charge is -2.14. The van der Waals surface area contributed by atoms with Gasteiger partial charge in [0.15, 0.2) is 0 Å². The summed E-state index contributed by atoms with van der Waals surface area (Å²) in [7, 11) is 0. The predicted molar refractivity (Wildman–Crippen MR) is 47.2 cm³/mol. The molecule has 0 bridgehead atoms. The van der Waals surface area contributed by atoms with E-state index in [-0.39, 0.29) is 6.04 Å². The van der Waals surface area contributed by atoms with Crippen LogP contribution in [-0.2, 0) is 0 Å². The van der Waals surface area contributed by atoms with Crippen molar-refractivity contribution < 1.29 is 0 Å². The molecule has 1 fully saturated rings. The molecular formula is C9H18N2. The number of rotatable bonds is 1. The number of likely N-dealkylation sites (tertiary alicyclic amines) is 1. The maximum absolute atomic E-state index is 8.58. The molecule has 0 amide bonds. The minimum atomic E-state index is 0.218. The molecule has 0 spiro atoms. The largest absolute Gasteiger partial charge is 0.288 e. The van der Waals surface area contributed by atoms with Gasteiger partial charge in [-0.05, 0) is 25.9 Å². The number of nitrogens with zero attached hydrogens (tertiary/aromatic N) is 2. The highest BCUT2D eigenvalue weighted by molar-refractivity contribution is 4.95. The number of nitriles is 1. The quantitative estimate of drug-likeness (QED) is 0.577. The van der Waals surface area contributed by atoms with Gasteiger partial charge in [0.2, 0.25) is 0 Å². The minimum Gasteiger partial charge on any atom is -0.288 e. The highest BCUT2D eigenvalue weighted by Gasteiger charge is 2.21. The Hall–Kier alpha value is -0.550. The smallest absolute Gasteiger partial charge is 0.0978 e. The zero-order chi connectivity index (χ0) is 8.69. The topological polar surface area (TPSA) is 27.0 Å². The van der Waals surface area contributed by atoms with Crippen molar-refractivity contribution in [1.29, 1.82) is 5.26 Å². The molecule has 0 aromatic rings. The summed E-state index contributed by atoms with van der Waals surface area (Å²) in [5.41, 5.74) is 0. The number of hydrogen-bond acceptors (Lipinski definition) is 2. The van der Waals surface area contributed by atoms with Crippen molar-refractivity contribution in [2.24, 2.45) is 0 Å². The van der Waals surface area contributed by atoms with Crippen molar-refractivity contribution in [1.82, 2.24) is 4.90 Å². The van der Waals surface area contributed by atoms with Crippen LogP contribution in [0, 0.1) is 11.3 Å². The minimum absolute atomic E-state index is 0.218. The lowest BCUT2D eigenvalue weighted by molar-refractivity contribution is 0.311. The lowest BCUT2D eigenvalue weighted by atomic mass is 10.2. The summed E-state index contributed by atoms with van der Waals surface area (Å²) in [5, 5.41) is 8.58. The summed E-state index contributed by atoms with van der Waals surface area (Å²) in [6.07, 6.45) is 2.27. The maximum atomic E-state index is 8.58. The van der Waals surface area contributed by atoms with Crippen LogP contribution >= 0.6 is 0 Å². The van der Waals surface area contributed by atoms with Gasteiger partial charge in [-0.3, -0.25) is 4.90 Å². The average molecular weight is 154 g/mol. The molecule has 0 aromatic heterocycles. The van der Waals surface area contributed by atoms with Crippen LogP contribution in [0.2, 0.25) is 0 Å². The van der Waals surface area contributed by atoms with Crippen molar-refractivity contribution in [2.75, 3.05) is 13.1 Å². The highest BCUT2D eigenvalue weighted by Crippen LogP contribution is 2.14. The summed E-state index contributed by atoms with van der Waals surface area (Å²) in [6, 6.07) is 2.51. The molecule has 0 radical (unpaired) electrons. The molecule has 0 aromatic carbocycles. The highest BCUT2D eigenvalue weighted by atomic mass is 15.2. The van der Waals surface area contributed by atoms with E-state index in [0.717, 1.165) is 19.5 Å². The van der Waals surface area contributed by atoms with Gasteiger partial charge in [-0.2, -0.15) is 5.26 Å². The van der Waals surface area contributed by atoms with Crippen LogP contribution in [0.3, 0.4) is 0 Å². The van der Waals surface area contributed by atoms with Crippen LogP contribution in [0.5, 0.6) is 0 Å². The van der Waals surface area contributed by atoms with E-state index in [0.29, 0.717) is 0 Å². The molecule has 0 saturated carbocycles. The van der Waals surface area contributed by atoms with Gasteiger partial charge in [0.05, 0.1) is 12.1 Å². The van der Waals surface area contributed by atoms with E-state index in [1.54, 1.807) is 0 Å². The third-order valence-corrected chi connectivity index (χ3v) is 1.92. The first kappa shape index (κ1) is 10.4. The Morgan fingerprint density at radius 2 is 2.18 bits per heavy atom. The average Bonchev–Trinajstić information content (AvgIpc) is 2.54. The van der Waals surface area contributed by atoms with Crippen LogP contribution < -0.4 is 0 Å². The molecule has 1 atom stereocenters. The molecule has 2 heteroatoms. The fourth-order valence-corrected chi connectivity index (χ4v) is 1.35. The monoisotopic (exact) mass is 154 g/mol. The Bertz CT molecular complexity index is 126. The summed E-state index contributed by atoms with van der Waals surface area (Å²) in [5.74, 6) is 0. The molecule has 1 aliphatic heterocycles. The van der Waals surface area contributed by atoms with Gasteiger partial charge in [0, 0.05) is 0 Å². The van der Waals surface area contributed by atoms with Gasteiger partial charge in [-0.1, -0.05) is 20.8 Å². The zero-order valence-corrected chi connectivity index (χ0v) is 7.80. The normalized spacial score (nSPS) is 23.6. The Balaban J connectivity index is 0.000000461. The van der Waals surface area contributed by atoms with Gasteiger partial charge in [0.25, 0.3) is 0 Å². The van der Waals surface area contributed by atoms with E-state index in [9.17, 15) is 0 Å². The van der Waals surface area contributed by atoms with Gasteiger partial charge in [-0.15, -0.1) is 0 Å². The van der Waals surface area contributed by atoms with E-state index >= 15 is 0 Å². The number of hydrogen-bond donors (Lipinski definition) is 0. The van der Waals surface area contributed by atoms with Gasteiger partial charge in [0.1, 0.15) is 0 Å². The van der Waals surface area contributed by atoms with E-state index < -0.39 is 0 Å². The first-order chi connectivity index (χ1) is 5.38. The van der Waals surface area contributed by atoms with Crippen molar-refractivity contribution in [3.05, 3.63) is 0 Å². The van der Waals surface area contributed by atoms with Crippen LogP contribution in [0.4, 0.5) is 0 Å². The molecule has 2 nitrogen and oxygen atoms in total. The zero-order valence-electron chi connectivity index (χ0n) is 7.80. The fraction of sp³-hybridized carbons (Fsp3) is 0.889. The van der Waals surface area contributed by atoms with E-state index in [2.05, 4.69) is 17.9 Å². The third-order valence-electron chi connectivity index (χ3n) is 1.92. The van der Waals surface area contributed by atoms with Crippen molar-refractivity contribution in [3.8, 4) is 6.07 Å². The van der Waals surface area contributed by atoms with Crippen LogP contribution in [0.25, 0.3) is 0 Å². The van der Waals surface area contributed by atoms with Crippen LogP contribution in [0.1, 0.15) is 33.6 Å². The maximum Gasteiger partial charge on any atom is 0.0978 e. The van der Waals surface area contributed by atoms with E-state index in [1.165, 1.54) is 6.42 Å². The predicted octanol–water partition coefficient (Wildman–Crippen LogP) is 2.02. The summed E-state index contributed by atoms with van der Waals surface area (Å²) >= 11 is 0. The SMILES string of the molecule is CC.CCN1CCCC1C#N. The second-order valence-electron chi connectivity index (χ2n) is 2.42. The molecule has 0 aliphatic carbocycles. The van der Waals surface area contributed by atoms with Crippen LogP contribution in [0.15, 0.2) is 0 Å². The van der Waals surface area contributed by atoms with Crippen molar-refractivity contribution >= 4 is 0 Å². The second-order valence-corrected chi connectivity index (χ2v) is 2.42. The van der Waals surface area contributed by atoms with Crippen molar-refractivity contribution in [3.63, 3.8) is 0 Å². The Labute approximate surface area is 69.8 Å². The molecule has 1 aliphatic rings. The molecule has 64 valence electrons. The molecule has 1 unspecified atom stereocenters. The van der Waals surface area contributed by atoms with Crippen LogP contribution in [-0.4, -0.2) is 24.0 Å². The van der Waals surface area contributed by atoms with E-state index in [4.69, 9.17) is 5.26 Å². The summed E-state index contributed by atoms with van der Waals surface area (Å²) < 4.78 is 0. The fourth-order valence-electron chi connectivity index (χ4n) is 1.35. The Morgan fingerprint density at radius 3 is 2.55 bits per heavy atom. The first-order valence-electron chi connectivity index (χ1n) is 4.52. The summed E-state index contributed by atoms with van der Waals surface area (Å²) in [6.45, 7) is 8.25. The van der Waals surface area contributed by atoms with E-state index in [1.807, 2.05) is 13.8 Å². The molecule has 0 N–H and O–H groups in total. The molecule has 1 heterocycles. The van der Waals surface area contributed by atoms with Crippen molar-refractivity contribution in [2.45, 2.75) is 39.7 Å². The molecule has 11 heavy (non-hydrogen) atoms. The molecule has 1 saturated heterocycles.